The van der Waals surface area contributed by atoms with Crippen molar-refractivity contribution in [1.82, 2.24) is 0 Å². The van der Waals surface area contributed by atoms with Crippen LogP contribution in [0.3, 0.4) is 0 Å². The molecule has 0 spiro atoms. The first-order valence-electron chi connectivity index (χ1n) is 6.02. The fraction of sp³-hybridized carbons (Fsp3) is 0.615. The van der Waals surface area contributed by atoms with Crippen LogP contribution in [0.25, 0.3) is 0 Å². The van der Waals surface area contributed by atoms with Crippen molar-refractivity contribution in [3.05, 3.63) is 5.92 Å². The van der Waals surface area contributed by atoms with Crippen molar-refractivity contribution in [3.63, 3.8) is 0 Å². The zero-order valence-corrected chi connectivity index (χ0v) is 15.8. The summed E-state index contributed by atoms with van der Waals surface area (Å²) in [4.78, 5) is 23.2. The topological polar surface area (TPSA) is 52.6 Å². The molecule has 0 saturated carbocycles. The first kappa shape index (κ1) is 20.9. The second-order valence-electron chi connectivity index (χ2n) is 4.65. The Balaban J connectivity index is 0. The number of ether oxygens (including phenoxy) is 2. The summed E-state index contributed by atoms with van der Waals surface area (Å²) in [5.74, 6) is 1.58. The van der Waals surface area contributed by atoms with E-state index < -0.39 is 20.0 Å². The molecule has 0 aromatic heterocycles. The van der Waals surface area contributed by atoms with Gasteiger partial charge in [-0.2, -0.15) is 5.92 Å². The van der Waals surface area contributed by atoms with Gasteiger partial charge in [0.05, 0.1) is 13.2 Å². The summed E-state index contributed by atoms with van der Waals surface area (Å²) in [5.41, 5.74) is 3.10. The van der Waals surface area contributed by atoms with E-state index in [2.05, 4.69) is 31.1 Å². The van der Waals surface area contributed by atoms with Gasteiger partial charge in [-0.1, -0.05) is 26.1 Å². The summed E-state index contributed by atoms with van der Waals surface area (Å²) in [6.45, 7) is 10.1. The van der Waals surface area contributed by atoms with Crippen LogP contribution in [0.2, 0.25) is 19.6 Å². The largest absolute Gasteiger partial charge is 1.00 e. The minimum absolute atomic E-state index is 0. The van der Waals surface area contributed by atoms with E-state index in [0.29, 0.717) is 0 Å². The van der Waals surface area contributed by atoms with Crippen molar-refractivity contribution in [1.29, 1.82) is 0 Å². The van der Waals surface area contributed by atoms with Crippen LogP contribution in [0.5, 0.6) is 0 Å². The van der Waals surface area contributed by atoms with E-state index in [0.717, 1.165) is 0 Å². The Morgan fingerprint density at radius 2 is 1.47 bits per heavy atom. The van der Waals surface area contributed by atoms with Gasteiger partial charge in [-0.15, -0.1) is 11.5 Å². The molecule has 0 amide bonds. The van der Waals surface area contributed by atoms with Crippen LogP contribution in [0.15, 0.2) is 0 Å². The Hall–Kier alpha value is -0.413. The van der Waals surface area contributed by atoms with Crippen LogP contribution in [-0.4, -0.2) is 33.2 Å². The molecule has 0 rings (SSSR count). The predicted molar refractivity (Wildman–Crippen MR) is 72.2 cm³/mol. The molecule has 0 saturated heterocycles. The molecule has 0 unspecified atom stereocenters. The molecule has 0 aliphatic rings. The zero-order chi connectivity index (χ0) is 14.2. The van der Waals surface area contributed by atoms with Crippen LogP contribution < -0.4 is 29.6 Å². The quantitative estimate of drug-likeness (QED) is 0.214. The summed E-state index contributed by atoms with van der Waals surface area (Å²) in [5, 5.41) is 0. The summed E-state index contributed by atoms with van der Waals surface area (Å²) >= 11 is 0. The average molecular weight is 292 g/mol. The standard InChI is InChI=1S/C13H21O4Si.Na/c1-6-16-12(14)11(13(15)17-7-2)9-8-10-18(3,4)5;/h6-7,9H2,1-5H3;/q-1;+1. The number of carbonyl (C=O) groups excluding carboxylic acids is 2. The van der Waals surface area contributed by atoms with Gasteiger partial charge in [-0.3, -0.25) is 9.59 Å². The average Bonchev–Trinajstić information content (AvgIpc) is 2.23. The molecule has 0 atom stereocenters. The molecule has 0 aromatic carbocycles. The third-order valence-electron chi connectivity index (χ3n) is 1.77. The van der Waals surface area contributed by atoms with E-state index in [-0.39, 0.29) is 55.1 Å². The monoisotopic (exact) mass is 292 g/mol. The van der Waals surface area contributed by atoms with Gasteiger partial charge in [0.1, 0.15) is 8.07 Å². The zero-order valence-electron chi connectivity index (χ0n) is 12.8. The first-order valence-corrected chi connectivity index (χ1v) is 9.52. The predicted octanol–water partition coefficient (Wildman–Crippen LogP) is -1.04. The van der Waals surface area contributed by atoms with Crippen LogP contribution >= 0.6 is 0 Å². The van der Waals surface area contributed by atoms with Gasteiger partial charge in [-0.25, -0.2) is 0 Å². The van der Waals surface area contributed by atoms with Gasteiger partial charge in [0.25, 0.3) is 0 Å². The second kappa shape index (κ2) is 10.4. The van der Waals surface area contributed by atoms with Crippen molar-refractivity contribution in [2.75, 3.05) is 13.2 Å². The maximum absolute atomic E-state index is 11.6. The molecular formula is C13H21NaO4Si. The number of rotatable bonds is 5. The summed E-state index contributed by atoms with van der Waals surface area (Å²) in [6, 6.07) is 0. The molecule has 0 radical (unpaired) electrons. The van der Waals surface area contributed by atoms with Gasteiger partial charge < -0.3 is 9.47 Å². The molecule has 0 bridgehead atoms. The SMILES string of the molecule is CCOC(=O)[C-](CC#C[Si](C)(C)C)C(=O)OCC.[Na+]. The van der Waals surface area contributed by atoms with Crippen molar-refractivity contribution in [2.24, 2.45) is 0 Å². The van der Waals surface area contributed by atoms with Crippen LogP contribution in [0.1, 0.15) is 20.3 Å². The molecular weight excluding hydrogens is 271 g/mol. The normalized spacial score (nSPS) is 9.53. The minimum atomic E-state index is -1.51. The molecule has 0 aliphatic carbocycles. The molecule has 0 heterocycles. The van der Waals surface area contributed by atoms with E-state index in [9.17, 15) is 9.59 Å². The first-order chi connectivity index (χ1) is 8.31. The van der Waals surface area contributed by atoms with Gasteiger partial charge in [0.15, 0.2) is 11.9 Å². The van der Waals surface area contributed by atoms with E-state index in [1.165, 1.54) is 0 Å². The molecule has 0 aromatic rings. The summed E-state index contributed by atoms with van der Waals surface area (Å²) in [7, 11) is -1.51. The Labute approximate surface area is 138 Å². The molecule has 0 fully saturated rings. The maximum atomic E-state index is 11.6. The number of hydrogen-bond acceptors (Lipinski definition) is 4. The van der Waals surface area contributed by atoms with Crippen molar-refractivity contribution >= 4 is 20.0 Å². The Morgan fingerprint density at radius 3 is 1.79 bits per heavy atom. The minimum Gasteiger partial charge on any atom is -0.488 e. The number of carbonyl (C=O) groups is 2. The Morgan fingerprint density at radius 1 is 1.05 bits per heavy atom. The van der Waals surface area contributed by atoms with Crippen molar-refractivity contribution in [3.8, 4) is 11.5 Å². The van der Waals surface area contributed by atoms with Gasteiger partial charge in [0, 0.05) is 0 Å². The van der Waals surface area contributed by atoms with Gasteiger partial charge in [-0.05, 0) is 13.8 Å². The summed E-state index contributed by atoms with van der Waals surface area (Å²) in [6.07, 6.45) is 0.0853. The van der Waals surface area contributed by atoms with Crippen LogP contribution in [0, 0.1) is 17.4 Å². The molecule has 0 N–H and O–H groups in total. The fourth-order valence-electron chi connectivity index (χ4n) is 1.06. The van der Waals surface area contributed by atoms with Crippen LogP contribution in [-0.2, 0) is 19.1 Å². The second-order valence-corrected chi connectivity index (χ2v) is 9.40. The number of esters is 2. The summed E-state index contributed by atoms with van der Waals surface area (Å²) < 4.78 is 9.64. The third-order valence-corrected chi connectivity index (χ3v) is 2.70. The molecule has 6 heteroatoms. The smallest absolute Gasteiger partial charge is 0.488 e. The molecule has 19 heavy (non-hydrogen) atoms. The molecule has 4 nitrogen and oxygen atoms in total. The number of hydrogen-bond donors (Lipinski definition) is 0. The Bertz CT molecular complexity index is 334. The molecule has 102 valence electrons. The van der Waals surface area contributed by atoms with Crippen molar-refractivity contribution in [2.45, 2.75) is 39.9 Å². The van der Waals surface area contributed by atoms with Gasteiger partial charge >= 0.3 is 29.6 Å². The van der Waals surface area contributed by atoms with E-state index >= 15 is 0 Å². The third kappa shape index (κ3) is 10.1. The van der Waals surface area contributed by atoms with Crippen molar-refractivity contribution < 1.29 is 48.6 Å². The van der Waals surface area contributed by atoms with Gasteiger partial charge in [0.2, 0.25) is 0 Å². The van der Waals surface area contributed by atoms with E-state index in [1.54, 1.807) is 13.8 Å². The fourth-order valence-corrected chi connectivity index (χ4v) is 1.68. The Kier molecular flexibility index (Phi) is 11.4. The van der Waals surface area contributed by atoms with Crippen LogP contribution in [0.4, 0.5) is 0 Å². The maximum Gasteiger partial charge on any atom is 1.00 e. The molecule has 0 aliphatic heterocycles. The van der Waals surface area contributed by atoms with E-state index in [4.69, 9.17) is 9.47 Å². The van der Waals surface area contributed by atoms with E-state index in [1.807, 2.05) is 0 Å².